The van der Waals surface area contributed by atoms with Crippen molar-refractivity contribution in [2.45, 2.75) is 25.6 Å². The Morgan fingerprint density at radius 3 is 2.68 bits per heavy atom. The molecule has 0 aromatic heterocycles. The second kappa shape index (κ2) is 6.79. The fourth-order valence-corrected chi connectivity index (χ4v) is 2.58. The summed E-state index contributed by atoms with van der Waals surface area (Å²) in [4.78, 5) is 0. The highest BCUT2D eigenvalue weighted by atomic mass is 19.1. The number of ether oxygens (including phenoxy) is 3. The monoisotopic (exact) mass is 302 g/mol. The Labute approximate surface area is 129 Å². The van der Waals surface area contributed by atoms with Gasteiger partial charge in [0.05, 0.1) is 13.7 Å². The molecule has 22 heavy (non-hydrogen) atoms. The van der Waals surface area contributed by atoms with Crippen molar-refractivity contribution in [2.75, 3.05) is 13.7 Å². The third-order valence-electron chi connectivity index (χ3n) is 3.75. The average Bonchev–Trinajstić information content (AvgIpc) is 2.56. The second-order valence-corrected chi connectivity index (χ2v) is 5.26. The normalized spacial score (nSPS) is 18.0. The Balaban J connectivity index is 1.96. The Morgan fingerprint density at radius 1 is 1.09 bits per heavy atom. The molecule has 0 amide bonds. The van der Waals surface area contributed by atoms with E-state index in [0.29, 0.717) is 29.2 Å². The molecule has 2 aromatic carbocycles. The third kappa shape index (κ3) is 3.22. The smallest absolute Gasteiger partial charge is 0.199 e. The molecule has 2 aromatic rings. The standard InChI is InChI=1S/C18H19FO3/c1-20-13-9-10-15(14-6-2-3-7-16(14)19)17(12-13)22-18-8-4-5-11-21-18/h2-3,6-7,9-10,12,18H,4-5,8,11H2,1H3. The highest BCUT2D eigenvalue weighted by Crippen LogP contribution is 2.36. The van der Waals surface area contributed by atoms with E-state index in [-0.39, 0.29) is 12.1 Å². The van der Waals surface area contributed by atoms with Gasteiger partial charge in [-0.25, -0.2) is 4.39 Å². The van der Waals surface area contributed by atoms with E-state index in [1.165, 1.54) is 6.07 Å². The summed E-state index contributed by atoms with van der Waals surface area (Å²) in [5, 5.41) is 0. The molecule has 0 N–H and O–H groups in total. The topological polar surface area (TPSA) is 27.7 Å². The molecule has 0 aliphatic carbocycles. The van der Waals surface area contributed by atoms with Gasteiger partial charge >= 0.3 is 0 Å². The van der Waals surface area contributed by atoms with Crippen LogP contribution < -0.4 is 9.47 Å². The lowest BCUT2D eigenvalue weighted by Gasteiger charge is -2.25. The fourth-order valence-electron chi connectivity index (χ4n) is 2.58. The van der Waals surface area contributed by atoms with E-state index >= 15 is 0 Å². The number of rotatable bonds is 4. The number of methoxy groups -OCH3 is 1. The number of hydrogen-bond donors (Lipinski definition) is 0. The maximum Gasteiger partial charge on any atom is 0.199 e. The number of halogens is 1. The molecule has 0 bridgehead atoms. The van der Waals surface area contributed by atoms with Crippen molar-refractivity contribution in [2.24, 2.45) is 0 Å². The summed E-state index contributed by atoms with van der Waals surface area (Å²) in [5.74, 6) is 0.976. The molecule has 1 saturated heterocycles. The first-order valence-electron chi connectivity index (χ1n) is 7.49. The summed E-state index contributed by atoms with van der Waals surface area (Å²) < 4.78 is 30.9. The van der Waals surface area contributed by atoms with Crippen LogP contribution in [0.25, 0.3) is 11.1 Å². The van der Waals surface area contributed by atoms with Crippen molar-refractivity contribution in [1.29, 1.82) is 0 Å². The van der Waals surface area contributed by atoms with Crippen LogP contribution in [0.2, 0.25) is 0 Å². The molecule has 4 heteroatoms. The molecule has 3 nitrogen and oxygen atoms in total. The zero-order valence-corrected chi connectivity index (χ0v) is 12.5. The zero-order valence-electron chi connectivity index (χ0n) is 12.5. The van der Waals surface area contributed by atoms with Crippen molar-refractivity contribution in [3.05, 3.63) is 48.3 Å². The molecule has 1 atom stereocenters. The van der Waals surface area contributed by atoms with Gasteiger partial charge in [-0.15, -0.1) is 0 Å². The number of hydrogen-bond acceptors (Lipinski definition) is 3. The zero-order chi connectivity index (χ0) is 15.4. The van der Waals surface area contributed by atoms with E-state index in [1.54, 1.807) is 31.4 Å². The van der Waals surface area contributed by atoms with Crippen molar-refractivity contribution in [1.82, 2.24) is 0 Å². The van der Waals surface area contributed by atoms with Crippen LogP contribution in [0.1, 0.15) is 19.3 Å². The van der Waals surface area contributed by atoms with Gasteiger partial charge in [-0.3, -0.25) is 0 Å². The molecule has 0 radical (unpaired) electrons. The molecule has 1 heterocycles. The van der Waals surface area contributed by atoms with Crippen LogP contribution in [-0.4, -0.2) is 20.0 Å². The van der Waals surface area contributed by atoms with E-state index in [9.17, 15) is 4.39 Å². The lowest BCUT2D eigenvalue weighted by atomic mass is 10.0. The summed E-state index contributed by atoms with van der Waals surface area (Å²) in [7, 11) is 1.60. The van der Waals surface area contributed by atoms with E-state index in [2.05, 4.69) is 0 Å². The van der Waals surface area contributed by atoms with Gasteiger partial charge in [0, 0.05) is 23.6 Å². The Kier molecular flexibility index (Phi) is 4.59. The predicted molar refractivity (Wildman–Crippen MR) is 82.6 cm³/mol. The van der Waals surface area contributed by atoms with Crippen LogP contribution in [0.3, 0.4) is 0 Å². The predicted octanol–water partition coefficient (Wildman–Crippen LogP) is 4.41. The minimum atomic E-state index is -0.286. The van der Waals surface area contributed by atoms with Gasteiger partial charge in [0.15, 0.2) is 6.29 Å². The first-order chi connectivity index (χ1) is 10.8. The highest BCUT2D eigenvalue weighted by Gasteiger charge is 2.19. The Bertz CT molecular complexity index is 636. The average molecular weight is 302 g/mol. The molecule has 1 unspecified atom stereocenters. The lowest BCUT2D eigenvalue weighted by Crippen LogP contribution is -2.25. The minimum absolute atomic E-state index is 0.276. The summed E-state index contributed by atoms with van der Waals surface area (Å²) in [6.45, 7) is 0.698. The van der Waals surface area contributed by atoms with Gasteiger partial charge in [0.1, 0.15) is 17.3 Å². The van der Waals surface area contributed by atoms with Crippen LogP contribution in [0.15, 0.2) is 42.5 Å². The van der Waals surface area contributed by atoms with Crippen LogP contribution in [-0.2, 0) is 4.74 Å². The summed E-state index contributed by atoms with van der Waals surface area (Å²) >= 11 is 0. The SMILES string of the molecule is COc1ccc(-c2ccccc2F)c(OC2CCCCO2)c1. The first-order valence-corrected chi connectivity index (χ1v) is 7.49. The molecule has 1 aliphatic heterocycles. The minimum Gasteiger partial charge on any atom is -0.497 e. The van der Waals surface area contributed by atoms with Crippen molar-refractivity contribution >= 4 is 0 Å². The van der Waals surface area contributed by atoms with Gasteiger partial charge in [-0.1, -0.05) is 18.2 Å². The van der Waals surface area contributed by atoms with Crippen molar-refractivity contribution < 1.29 is 18.6 Å². The molecule has 0 saturated carbocycles. The van der Waals surface area contributed by atoms with Gasteiger partial charge in [-0.05, 0) is 31.0 Å². The molecule has 1 aliphatic rings. The molecule has 116 valence electrons. The highest BCUT2D eigenvalue weighted by molar-refractivity contribution is 5.72. The van der Waals surface area contributed by atoms with Crippen molar-refractivity contribution in [3.8, 4) is 22.6 Å². The van der Waals surface area contributed by atoms with Gasteiger partial charge in [-0.2, -0.15) is 0 Å². The lowest BCUT2D eigenvalue weighted by molar-refractivity contribution is -0.105. The molecule has 1 fully saturated rings. The van der Waals surface area contributed by atoms with Gasteiger partial charge < -0.3 is 14.2 Å². The second-order valence-electron chi connectivity index (χ2n) is 5.26. The molecule has 3 rings (SSSR count). The fraction of sp³-hybridized carbons (Fsp3) is 0.333. The van der Waals surface area contributed by atoms with Crippen LogP contribution in [0.4, 0.5) is 4.39 Å². The van der Waals surface area contributed by atoms with Crippen molar-refractivity contribution in [3.63, 3.8) is 0 Å². The van der Waals surface area contributed by atoms with E-state index < -0.39 is 0 Å². The van der Waals surface area contributed by atoms with E-state index in [0.717, 1.165) is 19.3 Å². The molecular weight excluding hydrogens is 283 g/mol. The first kappa shape index (κ1) is 14.9. The van der Waals surface area contributed by atoms with Crippen LogP contribution in [0.5, 0.6) is 11.5 Å². The summed E-state index contributed by atoms with van der Waals surface area (Å²) in [6, 6.07) is 12.1. The maximum absolute atomic E-state index is 14.1. The molecular formula is C18H19FO3. The molecule has 0 spiro atoms. The summed E-state index contributed by atoms with van der Waals surface area (Å²) in [5.41, 5.74) is 1.21. The maximum atomic E-state index is 14.1. The van der Waals surface area contributed by atoms with E-state index in [1.807, 2.05) is 12.1 Å². The van der Waals surface area contributed by atoms with Crippen LogP contribution in [0, 0.1) is 5.82 Å². The largest absolute Gasteiger partial charge is 0.497 e. The van der Waals surface area contributed by atoms with E-state index in [4.69, 9.17) is 14.2 Å². The third-order valence-corrected chi connectivity index (χ3v) is 3.75. The Morgan fingerprint density at radius 2 is 1.95 bits per heavy atom. The number of benzene rings is 2. The Hall–Kier alpha value is -2.07. The summed E-state index contributed by atoms with van der Waals surface area (Å²) in [6.07, 6.45) is 2.68. The quantitative estimate of drug-likeness (QED) is 0.837. The van der Waals surface area contributed by atoms with Gasteiger partial charge in [0.25, 0.3) is 0 Å². The van der Waals surface area contributed by atoms with Crippen LogP contribution >= 0.6 is 0 Å². The van der Waals surface area contributed by atoms with Gasteiger partial charge in [0.2, 0.25) is 0 Å².